The maximum Gasteiger partial charge on any atom is 0.270 e. The van der Waals surface area contributed by atoms with Crippen LogP contribution in [-0.2, 0) is 9.59 Å². The van der Waals surface area contributed by atoms with E-state index in [1.807, 2.05) is 6.07 Å². The van der Waals surface area contributed by atoms with Gasteiger partial charge < -0.3 is 4.90 Å². The summed E-state index contributed by atoms with van der Waals surface area (Å²) < 4.78 is 0. The molecule has 0 spiro atoms. The lowest BCUT2D eigenvalue weighted by Gasteiger charge is -2.35. The summed E-state index contributed by atoms with van der Waals surface area (Å²) in [6.07, 6.45) is 0.445. The van der Waals surface area contributed by atoms with Crippen LogP contribution in [0.3, 0.4) is 0 Å². The van der Waals surface area contributed by atoms with Gasteiger partial charge in [0, 0.05) is 12.1 Å². The molecule has 0 saturated carbocycles. The highest BCUT2D eigenvalue weighted by Crippen LogP contribution is 2.28. The number of nitriles is 1. The van der Waals surface area contributed by atoms with E-state index in [-0.39, 0.29) is 17.8 Å². The molecule has 0 aromatic heterocycles. The molecule has 1 N–H and O–H groups in total. The molecule has 1 fully saturated rings. The first-order valence-corrected chi connectivity index (χ1v) is 6.26. The number of carbonyl (C=O) groups is 2. The largest absolute Gasteiger partial charge is 0.349 e. The Kier molecular flexibility index (Phi) is 3.84. The molecule has 1 aromatic carbocycles. The van der Waals surface area contributed by atoms with E-state index in [0.717, 1.165) is 6.07 Å². The smallest absolute Gasteiger partial charge is 0.270 e. The van der Waals surface area contributed by atoms with Crippen molar-refractivity contribution in [3.63, 3.8) is 0 Å². The van der Waals surface area contributed by atoms with Crippen LogP contribution in [0.15, 0.2) is 18.2 Å². The summed E-state index contributed by atoms with van der Waals surface area (Å²) in [7, 11) is 0. The fraction of sp³-hybridized carbons (Fsp3) is 0.308. The molecule has 21 heavy (non-hydrogen) atoms. The third-order valence-electron chi connectivity index (χ3n) is 3.26. The predicted octanol–water partition coefficient (Wildman–Crippen LogP) is 0.708. The molecule has 8 heteroatoms. The van der Waals surface area contributed by atoms with E-state index >= 15 is 0 Å². The van der Waals surface area contributed by atoms with Crippen molar-refractivity contribution in [2.45, 2.75) is 19.4 Å². The highest BCUT2D eigenvalue weighted by molar-refractivity contribution is 6.04. The average Bonchev–Trinajstić information content (AvgIpc) is 2.45. The zero-order valence-corrected chi connectivity index (χ0v) is 11.2. The predicted molar refractivity (Wildman–Crippen MR) is 72.4 cm³/mol. The molecule has 1 heterocycles. The summed E-state index contributed by atoms with van der Waals surface area (Å²) in [6, 6.07) is 5.07. The molecular weight excluding hydrogens is 276 g/mol. The number of benzene rings is 1. The number of amides is 2. The van der Waals surface area contributed by atoms with Crippen LogP contribution in [0.25, 0.3) is 0 Å². The van der Waals surface area contributed by atoms with E-state index in [9.17, 15) is 19.7 Å². The maximum absolute atomic E-state index is 11.8. The van der Waals surface area contributed by atoms with Gasteiger partial charge >= 0.3 is 0 Å². The number of piperazine rings is 1. The minimum atomic E-state index is -0.601. The van der Waals surface area contributed by atoms with Gasteiger partial charge in [-0.25, -0.2) is 0 Å². The number of nitro groups is 1. The number of nitrogens with one attached hydrogen (secondary N) is 1. The van der Waals surface area contributed by atoms with Gasteiger partial charge in [-0.15, -0.1) is 0 Å². The van der Waals surface area contributed by atoms with Crippen molar-refractivity contribution in [3.05, 3.63) is 33.9 Å². The number of imide groups is 1. The van der Waals surface area contributed by atoms with Gasteiger partial charge in [-0.1, -0.05) is 6.92 Å². The SMILES string of the molecule is CCC1C(=O)NC(=O)CN1c1ccc([N+](=O)[O-])cc1C#N. The molecule has 8 nitrogen and oxygen atoms in total. The number of carbonyl (C=O) groups excluding carboxylic acids is 2. The van der Waals surface area contributed by atoms with Gasteiger partial charge in [0.25, 0.3) is 5.69 Å². The number of hydrogen-bond acceptors (Lipinski definition) is 6. The number of nitro benzene ring substituents is 1. The molecule has 0 radical (unpaired) electrons. The monoisotopic (exact) mass is 288 g/mol. The van der Waals surface area contributed by atoms with Crippen LogP contribution in [0.4, 0.5) is 11.4 Å². The molecule has 108 valence electrons. The van der Waals surface area contributed by atoms with E-state index in [0.29, 0.717) is 12.1 Å². The first-order valence-electron chi connectivity index (χ1n) is 6.26. The number of nitrogens with zero attached hydrogens (tertiary/aromatic N) is 3. The van der Waals surface area contributed by atoms with Gasteiger partial charge in [-0.3, -0.25) is 25.0 Å². The normalized spacial score (nSPS) is 18.1. The third kappa shape index (κ3) is 2.67. The van der Waals surface area contributed by atoms with Gasteiger partial charge in [-0.2, -0.15) is 5.26 Å². The van der Waals surface area contributed by atoms with Gasteiger partial charge in [0.2, 0.25) is 11.8 Å². The average molecular weight is 288 g/mol. The number of anilines is 1. The van der Waals surface area contributed by atoms with E-state index in [2.05, 4.69) is 5.32 Å². The fourth-order valence-corrected chi connectivity index (χ4v) is 2.30. The summed E-state index contributed by atoms with van der Waals surface area (Å²) in [4.78, 5) is 35.0. The molecule has 1 aliphatic rings. The van der Waals surface area contributed by atoms with Gasteiger partial charge in [0.1, 0.15) is 12.1 Å². The van der Waals surface area contributed by atoms with Crippen molar-refractivity contribution in [2.75, 3.05) is 11.4 Å². The Labute approximate surface area is 120 Å². The van der Waals surface area contributed by atoms with Crippen LogP contribution in [0.5, 0.6) is 0 Å². The molecule has 1 saturated heterocycles. The zero-order chi connectivity index (χ0) is 15.6. The van der Waals surface area contributed by atoms with Crippen molar-refractivity contribution in [1.29, 1.82) is 5.26 Å². The first kappa shape index (κ1) is 14.5. The quantitative estimate of drug-likeness (QED) is 0.497. The number of rotatable bonds is 3. The lowest BCUT2D eigenvalue weighted by atomic mass is 10.1. The van der Waals surface area contributed by atoms with Gasteiger partial charge in [0.15, 0.2) is 0 Å². The Bertz CT molecular complexity index is 665. The second kappa shape index (κ2) is 5.58. The Morgan fingerprint density at radius 3 is 2.81 bits per heavy atom. The molecule has 1 aromatic rings. The number of non-ortho nitro benzene ring substituents is 1. The summed E-state index contributed by atoms with van der Waals surface area (Å²) in [5, 5.41) is 22.1. The summed E-state index contributed by atoms with van der Waals surface area (Å²) in [5.74, 6) is -0.900. The van der Waals surface area contributed by atoms with Crippen molar-refractivity contribution in [1.82, 2.24) is 5.32 Å². The van der Waals surface area contributed by atoms with Crippen molar-refractivity contribution >= 4 is 23.2 Å². The minimum absolute atomic E-state index is 0.0603. The molecule has 1 atom stereocenters. The van der Waals surface area contributed by atoms with Gasteiger partial charge in [-0.05, 0) is 12.5 Å². The van der Waals surface area contributed by atoms with E-state index in [1.165, 1.54) is 17.0 Å². The van der Waals surface area contributed by atoms with Crippen LogP contribution >= 0.6 is 0 Å². The van der Waals surface area contributed by atoms with E-state index < -0.39 is 22.8 Å². The fourth-order valence-electron chi connectivity index (χ4n) is 2.30. The Balaban J connectivity index is 2.48. The number of hydrogen-bond donors (Lipinski definition) is 1. The lowest BCUT2D eigenvalue weighted by molar-refractivity contribution is -0.384. The van der Waals surface area contributed by atoms with E-state index in [1.54, 1.807) is 6.92 Å². The van der Waals surface area contributed by atoms with Crippen molar-refractivity contribution in [3.8, 4) is 6.07 Å². The van der Waals surface area contributed by atoms with Gasteiger partial charge in [0.05, 0.1) is 22.7 Å². The molecule has 0 aliphatic carbocycles. The molecule has 2 rings (SSSR count). The Morgan fingerprint density at radius 1 is 1.52 bits per heavy atom. The lowest BCUT2D eigenvalue weighted by Crippen LogP contribution is -2.58. The van der Waals surface area contributed by atoms with Crippen LogP contribution in [0, 0.1) is 21.4 Å². The first-order chi connectivity index (χ1) is 9.97. The van der Waals surface area contributed by atoms with Crippen LogP contribution in [0.2, 0.25) is 0 Å². The summed E-state index contributed by atoms with van der Waals surface area (Å²) >= 11 is 0. The molecule has 1 aliphatic heterocycles. The highest BCUT2D eigenvalue weighted by Gasteiger charge is 2.34. The standard InChI is InChI=1S/C13H12N4O4/c1-2-10-13(19)15-12(18)7-16(10)11-4-3-9(17(20)21)5-8(11)6-14/h3-5,10H,2,7H2,1H3,(H,15,18,19). The molecule has 1 unspecified atom stereocenters. The van der Waals surface area contributed by atoms with Crippen LogP contribution in [-0.4, -0.2) is 29.3 Å². The minimum Gasteiger partial charge on any atom is -0.349 e. The Hall–Kier alpha value is -2.95. The molecule has 0 bridgehead atoms. The second-order valence-corrected chi connectivity index (χ2v) is 4.53. The molecule has 2 amide bonds. The van der Waals surface area contributed by atoms with Crippen molar-refractivity contribution < 1.29 is 14.5 Å². The summed E-state index contributed by atoms with van der Waals surface area (Å²) in [6.45, 7) is 1.71. The maximum atomic E-state index is 11.8. The Morgan fingerprint density at radius 2 is 2.24 bits per heavy atom. The second-order valence-electron chi connectivity index (χ2n) is 4.53. The topological polar surface area (TPSA) is 116 Å². The van der Waals surface area contributed by atoms with Crippen molar-refractivity contribution in [2.24, 2.45) is 0 Å². The zero-order valence-electron chi connectivity index (χ0n) is 11.2. The summed E-state index contributed by atoms with van der Waals surface area (Å²) in [5.41, 5.74) is 0.194. The third-order valence-corrected chi connectivity index (χ3v) is 3.26. The molecular formula is C13H12N4O4. The van der Waals surface area contributed by atoms with Crippen LogP contribution < -0.4 is 10.2 Å². The van der Waals surface area contributed by atoms with E-state index in [4.69, 9.17) is 5.26 Å². The highest BCUT2D eigenvalue weighted by atomic mass is 16.6. The van der Waals surface area contributed by atoms with Crippen LogP contribution in [0.1, 0.15) is 18.9 Å².